The highest BCUT2D eigenvalue weighted by Gasteiger charge is 2.23. The summed E-state index contributed by atoms with van der Waals surface area (Å²) in [6.45, 7) is 2.59. The van der Waals surface area contributed by atoms with E-state index < -0.39 is 0 Å². The van der Waals surface area contributed by atoms with Crippen LogP contribution in [0.25, 0.3) is 0 Å². The van der Waals surface area contributed by atoms with Gasteiger partial charge in [0.25, 0.3) is 0 Å². The van der Waals surface area contributed by atoms with E-state index in [1.54, 1.807) is 7.11 Å². The lowest BCUT2D eigenvalue weighted by molar-refractivity contribution is 0.0145. The molecule has 0 amide bonds. The van der Waals surface area contributed by atoms with Gasteiger partial charge in [0.15, 0.2) is 0 Å². The normalized spacial score (nSPS) is 25.6. The van der Waals surface area contributed by atoms with Gasteiger partial charge in [-0.25, -0.2) is 0 Å². The third kappa shape index (κ3) is 3.07. The van der Waals surface area contributed by atoms with Crippen LogP contribution >= 0.6 is 0 Å². The first-order chi connectivity index (χ1) is 9.86. The fraction of sp³-hybridized carbons (Fsp3) is 0.625. The van der Waals surface area contributed by atoms with E-state index in [9.17, 15) is 0 Å². The van der Waals surface area contributed by atoms with Crippen molar-refractivity contribution in [3.63, 3.8) is 0 Å². The summed E-state index contributed by atoms with van der Waals surface area (Å²) in [4.78, 5) is 0. The molecule has 1 aromatic rings. The van der Waals surface area contributed by atoms with Crippen molar-refractivity contribution in [2.75, 3.05) is 26.9 Å². The molecule has 20 heavy (non-hydrogen) atoms. The molecule has 1 N–H and O–H groups in total. The lowest BCUT2D eigenvalue weighted by atomic mass is 9.99. The smallest absolute Gasteiger partial charge is 0.124 e. The maximum atomic E-state index is 5.78. The van der Waals surface area contributed by atoms with Gasteiger partial charge in [0.05, 0.1) is 19.8 Å². The van der Waals surface area contributed by atoms with Crippen molar-refractivity contribution in [3.05, 3.63) is 23.8 Å². The molecule has 0 aromatic heterocycles. The summed E-state index contributed by atoms with van der Waals surface area (Å²) in [7, 11) is 1.70. The third-order valence-electron chi connectivity index (χ3n) is 4.12. The van der Waals surface area contributed by atoms with E-state index in [-0.39, 0.29) is 0 Å². The molecule has 110 valence electrons. The average Bonchev–Trinajstić information content (AvgIpc) is 2.53. The van der Waals surface area contributed by atoms with Gasteiger partial charge in [0, 0.05) is 31.2 Å². The molecule has 2 unspecified atom stereocenters. The summed E-state index contributed by atoms with van der Waals surface area (Å²) in [6, 6.07) is 6.36. The number of hydrogen-bond acceptors (Lipinski definition) is 4. The zero-order valence-electron chi connectivity index (χ0n) is 12.1. The number of nitrogens with one attached hydrogen (secondary N) is 1. The van der Waals surface area contributed by atoms with Crippen LogP contribution in [0.1, 0.15) is 37.3 Å². The molecule has 0 spiro atoms. The molecule has 1 aromatic carbocycles. The van der Waals surface area contributed by atoms with Crippen molar-refractivity contribution < 1.29 is 14.2 Å². The van der Waals surface area contributed by atoms with Crippen LogP contribution in [0, 0.1) is 0 Å². The van der Waals surface area contributed by atoms with Gasteiger partial charge < -0.3 is 19.5 Å². The Bertz CT molecular complexity index is 443. The number of fused-ring (bicyclic) bond motifs is 1. The molecule has 3 rings (SSSR count). The van der Waals surface area contributed by atoms with Crippen LogP contribution in [0.3, 0.4) is 0 Å². The zero-order valence-corrected chi connectivity index (χ0v) is 12.1. The minimum absolute atomic E-state index is 0.333. The largest absolute Gasteiger partial charge is 0.497 e. The van der Waals surface area contributed by atoms with Crippen molar-refractivity contribution in [2.24, 2.45) is 0 Å². The van der Waals surface area contributed by atoms with Gasteiger partial charge in [-0.1, -0.05) is 0 Å². The first-order valence-corrected chi connectivity index (χ1v) is 7.52. The molecule has 2 aliphatic heterocycles. The minimum atomic E-state index is 0.333. The van der Waals surface area contributed by atoms with Crippen molar-refractivity contribution >= 4 is 0 Å². The molecule has 2 aliphatic rings. The minimum Gasteiger partial charge on any atom is -0.497 e. The van der Waals surface area contributed by atoms with E-state index in [2.05, 4.69) is 11.4 Å². The molecule has 1 fully saturated rings. The van der Waals surface area contributed by atoms with Gasteiger partial charge in [0.2, 0.25) is 0 Å². The predicted molar refractivity (Wildman–Crippen MR) is 77.4 cm³/mol. The van der Waals surface area contributed by atoms with E-state index in [0.29, 0.717) is 12.1 Å². The highest BCUT2D eigenvalue weighted by atomic mass is 16.5. The second-order valence-electron chi connectivity index (χ2n) is 5.49. The molecular formula is C16H23NO3. The molecule has 4 heteroatoms. The SMILES string of the molecule is COc1ccc2c(c1)C(NCC1CCCCO1)CCO2. The van der Waals surface area contributed by atoms with Crippen molar-refractivity contribution in [2.45, 2.75) is 37.8 Å². The predicted octanol–water partition coefficient (Wildman–Crippen LogP) is 2.68. The quantitative estimate of drug-likeness (QED) is 0.918. The van der Waals surface area contributed by atoms with E-state index in [0.717, 1.165) is 37.7 Å². The Balaban J connectivity index is 1.65. The van der Waals surface area contributed by atoms with Gasteiger partial charge >= 0.3 is 0 Å². The topological polar surface area (TPSA) is 39.7 Å². The van der Waals surface area contributed by atoms with E-state index >= 15 is 0 Å². The van der Waals surface area contributed by atoms with Gasteiger partial charge in [-0.15, -0.1) is 0 Å². The zero-order chi connectivity index (χ0) is 13.8. The molecule has 0 bridgehead atoms. The molecular weight excluding hydrogens is 254 g/mol. The Morgan fingerprint density at radius 3 is 3.00 bits per heavy atom. The summed E-state index contributed by atoms with van der Waals surface area (Å²) in [5.74, 6) is 1.86. The Morgan fingerprint density at radius 2 is 2.20 bits per heavy atom. The van der Waals surface area contributed by atoms with Gasteiger partial charge in [-0.3, -0.25) is 0 Å². The maximum absolute atomic E-state index is 5.78. The van der Waals surface area contributed by atoms with Crippen molar-refractivity contribution in [1.29, 1.82) is 0 Å². The van der Waals surface area contributed by atoms with Crippen LogP contribution in [-0.2, 0) is 4.74 Å². The summed E-state index contributed by atoms with van der Waals surface area (Å²) < 4.78 is 16.8. The van der Waals surface area contributed by atoms with Gasteiger partial charge in [0.1, 0.15) is 11.5 Å². The second-order valence-corrected chi connectivity index (χ2v) is 5.49. The molecule has 2 heterocycles. The highest BCUT2D eigenvalue weighted by Crippen LogP contribution is 2.34. The van der Waals surface area contributed by atoms with Crippen LogP contribution in [-0.4, -0.2) is 33.0 Å². The lowest BCUT2D eigenvalue weighted by Crippen LogP contribution is -2.36. The summed E-state index contributed by atoms with van der Waals surface area (Å²) >= 11 is 0. The van der Waals surface area contributed by atoms with Crippen LogP contribution in [0.4, 0.5) is 0 Å². The monoisotopic (exact) mass is 277 g/mol. The van der Waals surface area contributed by atoms with Crippen LogP contribution in [0.5, 0.6) is 11.5 Å². The van der Waals surface area contributed by atoms with Crippen molar-refractivity contribution in [3.8, 4) is 11.5 Å². The average molecular weight is 277 g/mol. The number of ether oxygens (including phenoxy) is 3. The molecule has 0 saturated carbocycles. The number of hydrogen-bond donors (Lipinski definition) is 1. The summed E-state index contributed by atoms with van der Waals surface area (Å²) in [6.07, 6.45) is 5.01. The fourth-order valence-electron chi connectivity index (χ4n) is 2.95. The maximum Gasteiger partial charge on any atom is 0.124 e. The molecule has 0 radical (unpaired) electrons. The molecule has 1 saturated heterocycles. The van der Waals surface area contributed by atoms with E-state index in [4.69, 9.17) is 14.2 Å². The van der Waals surface area contributed by atoms with Crippen LogP contribution < -0.4 is 14.8 Å². The Kier molecular flexibility index (Phi) is 4.43. The van der Waals surface area contributed by atoms with Crippen molar-refractivity contribution in [1.82, 2.24) is 5.32 Å². The standard InChI is InChI=1S/C16H23NO3/c1-18-12-5-6-16-14(10-12)15(7-9-20-16)17-11-13-4-2-3-8-19-13/h5-6,10,13,15,17H,2-4,7-9,11H2,1H3. The summed E-state index contributed by atoms with van der Waals surface area (Å²) in [5.41, 5.74) is 1.20. The number of methoxy groups -OCH3 is 1. The number of benzene rings is 1. The Morgan fingerprint density at radius 1 is 1.25 bits per heavy atom. The molecule has 2 atom stereocenters. The fourth-order valence-corrected chi connectivity index (χ4v) is 2.95. The highest BCUT2D eigenvalue weighted by molar-refractivity contribution is 5.43. The van der Waals surface area contributed by atoms with Crippen LogP contribution in [0.2, 0.25) is 0 Å². The molecule has 0 aliphatic carbocycles. The first kappa shape index (κ1) is 13.7. The first-order valence-electron chi connectivity index (χ1n) is 7.52. The van der Waals surface area contributed by atoms with Gasteiger partial charge in [-0.2, -0.15) is 0 Å². The van der Waals surface area contributed by atoms with E-state index in [1.807, 2.05) is 12.1 Å². The second kappa shape index (κ2) is 6.46. The number of rotatable bonds is 4. The third-order valence-corrected chi connectivity index (χ3v) is 4.12. The molecule has 4 nitrogen and oxygen atoms in total. The van der Waals surface area contributed by atoms with Crippen LogP contribution in [0.15, 0.2) is 18.2 Å². The lowest BCUT2D eigenvalue weighted by Gasteiger charge is -2.30. The Labute approximate surface area is 120 Å². The van der Waals surface area contributed by atoms with Gasteiger partial charge in [-0.05, 0) is 37.5 Å². The van der Waals surface area contributed by atoms with E-state index in [1.165, 1.54) is 24.8 Å². The Hall–Kier alpha value is -1.26. The summed E-state index contributed by atoms with van der Waals surface area (Å²) in [5, 5.41) is 3.64.